The van der Waals surface area contributed by atoms with Crippen LogP contribution in [0.15, 0.2) is 48.6 Å². The highest BCUT2D eigenvalue weighted by Crippen LogP contribution is 2.43. The number of unbranched alkanes of at least 4 members (excludes halogenated alkanes) is 44. The Morgan fingerprint density at radius 3 is 1.04 bits per heavy atom. The molecular weight excluding hydrogens is 1040 g/mol. The highest BCUT2D eigenvalue weighted by Gasteiger charge is 2.27. The Hall–Kier alpha value is -2.03. The first-order valence-electron chi connectivity index (χ1n) is 35.4. The van der Waals surface area contributed by atoms with Gasteiger partial charge in [0.2, 0.25) is 0 Å². The van der Waals surface area contributed by atoms with E-state index in [1.165, 1.54) is 257 Å². The predicted molar refractivity (Wildman–Crippen MR) is 353 cm³/mol. The maximum Gasteiger partial charge on any atom is 0.472 e. The van der Waals surface area contributed by atoms with Crippen LogP contribution in [0.5, 0.6) is 0 Å². The van der Waals surface area contributed by atoms with E-state index >= 15 is 0 Å². The molecule has 0 aromatic rings. The van der Waals surface area contributed by atoms with Gasteiger partial charge in [-0.2, -0.15) is 0 Å². The summed E-state index contributed by atoms with van der Waals surface area (Å²) < 4.78 is 34.7. The van der Waals surface area contributed by atoms with E-state index in [4.69, 9.17) is 18.5 Å². The summed E-state index contributed by atoms with van der Waals surface area (Å²) in [6.45, 7) is 4.39. The highest BCUT2D eigenvalue weighted by atomic mass is 31.2. The molecule has 0 aliphatic heterocycles. The Morgan fingerprint density at radius 2 is 0.695 bits per heavy atom. The molecule has 0 fully saturated rings. The first-order chi connectivity index (χ1) is 40.0. The minimum atomic E-state index is -4.39. The minimum absolute atomic E-state index is 0.0351. The molecule has 10 heteroatoms. The molecule has 0 saturated heterocycles. The van der Waals surface area contributed by atoms with E-state index in [1.807, 2.05) is 21.1 Å². The SMILES string of the molecule is CC/C=C\C/C=C\C/C=C\C/C=C\CCCCCCCCCCCCCCCCCCCCCCCCCCC(=O)OC(COC(=O)CCCCCCCCCCCCCCCCCCCCCCC)COP(=O)(O)OCC[N+](C)(C)C. The Labute approximate surface area is 509 Å². The van der Waals surface area contributed by atoms with Crippen molar-refractivity contribution in [2.45, 2.75) is 354 Å². The number of phosphoric acid groups is 1. The van der Waals surface area contributed by atoms with Gasteiger partial charge < -0.3 is 18.9 Å². The molecule has 0 aromatic heterocycles. The maximum absolute atomic E-state index is 12.9. The van der Waals surface area contributed by atoms with Gasteiger partial charge in [0, 0.05) is 12.8 Å². The lowest BCUT2D eigenvalue weighted by atomic mass is 10.0. The lowest BCUT2D eigenvalue weighted by Crippen LogP contribution is -2.37. The zero-order valence-corrected chi connectivity index (χ0v) is 55.9. The molecule has 0 aromatic carbocycles. The van der Waals surface area contributed by atoms with Crippen LogP contribution in [-0.4, -0.2) is 74.9 Å². The number of likely N-dealkylation sites (N-methyl/N-ethyl adjacent to an activating group) is 1. The van der Waals surface area contributed by atoms with Gasteiger partial charge in [0.05, 0.1) is 27.7 Å². The number of quaternary nitrogens is 1. The second-order valence-electron chi connectivity index (χ2n) is 25.3. The number of hydrogen-bond acceptors (Lipinski definition) is 7. The van der Waals surface area contributed by atoms with Gasteiger partial charge in [-0.3, -0.25) is 18.6 Å². The first kappa shape index (κ1) is 80.0. The molecule has 0 aliphatic rings. The van der Waals surface area contributed by atoms with Gasteiger partial charge in [0.15, 0.2) is 6.10 Å². The summed E-state index contributed by atoms with van der Waals surface area (Å²) in [6, 6.07) is 0. The van der Waals surface area contributed by atoms with E-state index < -0.39 is 26.5 Å². The number of nitrogens with zero attached hydrogens (tertiary/aromatic N) is 1. The number of ether oxygens (including phenoxy) is 2. The van der Waals surface area contributed by atoms with Crippen LogP contribution in [0.2, 0.25) is 0 Å². The minimum Gasteiger partial charge on any atom is -0.462 e. The molecule has 482 valence electrons. The van der Waals surface area contributed by atoms with E-state index in [1.54, 1.807) is 0 Å². The maximum atomic E-state index is 12.9. The molecule has 0 aliphatic carbocycles. The number of allylic oxidation sites excluding steroid dienone is 8. The summed E-state index contributed by atoms with van der Waals surface area (Å²) in [5.41, 5.74) is 0. The van der Waals surface area contributed by atoms with Crippen molar-refractivity contribution in [2.24, 2.45) is 0 Å². The number of carbonyl (C=O) groups excluding carboxylic acids is 2. The van der Waals surface area contributed by atoms with Crippen molar-refractivity contribution < 1.29 is 42.1 Å². The predicted octanol–water partition coefficient (Wildman–Crippen LogP) is 22.8. The fourth-order valence-corrected chi connectivity index (χ4v) is 11.2. The zero-order chi connectivity index (χ0) is 59.8. The molecule has 0 spiro atoms. The van der Waals surface area contributed by atoms with E-state index in [-0.39, 0.29) is 25.6 Å². The van der Waals surface area contributed by atoms with Crippen molar-refractivity contribution in [1.82, 2.24) is 0 Å². The molecule has 0 radical (unpaired) electrons. The van der Waals surface area contributed by atoms with Gasteiger partial charge in [0.25, 0.3) is 0 Å². The summed E-state index contributed by atoms with van der Waals surface area (Å²) in [4.78, 5) is 35.8. The molecule has 2 unspecified atom stereocenters. The average Bonchev–Trinajstić information content (AvgIpc) is 3.46. The molecule has 0 bridgehead atoms. The number of carbonyl (C=O) groups is 2. The quantitative estimate of drug-likeness (QED) is 0.0211. The van der Waals surface area contributed by atoms with Gasteiger partial charge in [-0.1, -0.05) is 332 Å². The van der Waals surface area contributed by atoms with E-state index in [9.17, 15) is 19.0 Å². The van der Waals surface area contributed by atoms with Crippen molar-refractivity contribution >= 4 is 19.8 Å². The van der Waals surface area contributed by atoms with Crippen molar-refractivity contribution in [3.8, 4) is 0 Å². The van der Waals surface area contributed by atoms with Crippen LogP contribution in [0.1, 0.15) is 348 Å². The molecule has 82 heavy (non-hydrogen) atoms. The van der Waals surface area contributed by atoms with E-state index in [2.05, 4.69) is 62.5 Å². The van der Waals surface area contributed by atoms with Gasteiger partial charge in [-0.15, -0.1) is 0 Å². The van der Waals surface area contributed by atoms with Crippen molar-refractivity contribution in [3.63, 3.8) is 0 Å². The standard InChI is InChI=1S/C72H136NO8P/c1-6-8-10-12-14-16-18-20-22-24-26-28-29-30-31-32-33-34-35-36-37-38-39-40-41-42-43-45-47-49-51-53-55-57-59-61-63-65-72(75)81-70(69-80-82(76,77)79-67-66-73(3,4)5)68-78-71(74)64-62-60-58-56-54-52-50-48-46-44-27-25-23-21-19-17-15-13-11-9-7-2/h8,10,14,16,20,22,26,28,70H,6-7,9,11-13,15,17-19,21,23-25,27,29-69H2,1-5H3/p+1/b10-8-,16-14-,22-20-,28-26-. The van der Waals surface area contributed by atoms with Crippen LogP contribution >= 0.6 is 7.82 Å². The van der Waals surface area contributed by atoms with Crippen LogP contribution in [-0.2, 0) is 32.7 Å². The molecule has 1 N–H and O–H groups in total. The molecule has 9 nitrogen and oxygen atoms in total. The highest BCUT2D eigenvalue weighted by molar-refractivity contribution is 7.47. The first-order valence-corrected chi connectivity index (χ1v) is 36.9. The lowest BCUT2D eigenvalue weighted by molar-refractivity contribution is -0.870. The molecule has 2 atom stereocenters. The van der Waals surface area contributed by atoms with Gasteiger partial charge in [0.1, 0.15) is 19.8 Å². The van der Waals surface area contributed by atoms with Gasteiger partial charge in [-0.25, -0.2) is 4.57 Å². The Balaban J connectivity index is 3.93. The normalized spacial score (nSPS) is 13.4. The number of rotatable bonds is 66. The second-order valence-corrected chi connectivity index (χ2v) is 26.7. The third-order valence-corrected chi connectivity index (χ3v) is 16.9. The average molecular weight is 1180 g/mol. The fourth-order valence-electron chi connectivity index (χ4n) is 10.5. The number of hydrogen-bond donors (Lipinski definition) is 1. The molecule has 0 rings (SSSR count). The van der Waals surface area contributed by atoms with Crippen LogP contribution in [0, 0.1) is 0 Å². The number of esters is 2. The largest absolute Gasteiger partial charge is 0.472 e. The van der Waals surface area contributed by atoms with Crippen LogP contribution in [0.3, 0.4) is 0 Å². The summed E-state index contributed by atoms with van der Waals surface area (Å²) >= 11 is 0. The Morgan fingerprint density at radius 1 is 0.390 bits per heavy atom. The number of phosphoric ester groups is 1. The second kappa shape index (κ2) is 63.5. The molecule has 0 amide bonds. The molecule has 0 saturated carbocycles. The Kier molecular flexibility index (Phi) is 61.9. The molecular formula is C72H137NO8P+. The van der Waals surface area contributed by atoms with Gasteiger partial charge in [-0.05, 0) is 51.4 Å². The Bertz CT molecular complexity index is 1520. The summed E-state index contributed by atoms with van der Waals surface area (Å²) in [5, 5.41) is 0. The monoisotopic (exact) mass is 1180 g/mol. The van der Waals surface area contributed by atoms with Gasteiger partial charge >= 0.3 is 19.8 Å². The smallest absolute Gasteiger partial charge is 0.462 e. The van der Waals surface area contributed by atoms with Crippen LogP contribution in [0.25, 0.3) is 0 Å². The summed E-state index contributed by atoms with van der Waals surface area (Å²) in [5.74, 6) is -0.774. The van der Waals surface area contributed by atoms with Crippen LogP contribution < -0.4 is 0 Å². The summed E-state index contributed by atoms with van der Waals surface area (Å²) in [7, 11) is 1.50. The van der Waals surface area contributed by atoms with E-state index in [0.717, 1.165) is 57.8 Å². The summed E-state index contributed by atoms with van der Waals surface area (Å²) in [6.07, 6.45) is 82.3. The third-order valence-electron chi connectivity index (χ3n) is 15.9. The third kappa shape index (κ3) is 67.1. The van der Waals surface area contributed by atoms with E-state index in [0.29, 0.717) is 23.9 Å². The topological polar surface area (TPSA) is 108 Å². The zero-order valence-electron chi connectivity index (χ0n) is 55.0. The molecule has 0 heterocycles. The fraction of sp³-hybridized carbons (Fsp3) is 0.861. The van der Waals surface area contributed by atoms with Crippen molar-refractivity contribution in [3.05, 3.63) is 48.6 Å². The van der Waals surface area contributed by atoms with Crippen LogP contribution in [0.4, 0.5) is 0 Å². The van der Waals surface area contributed by atoms with Crippen molar-refractivity contribution in [2.75, 3.05) is 47.5 Å². The lowest BCUT2D eigenvalue weighted by Gasteiger charge is -2.24. The van der Waals surface area contributed by atoms with Crippen molar-refractivity contribution in [1.29, 1.82) is 0 Å².